The first kappa shape index (κ1) is 19.8. The van der Waals surface area contributed by atoms with Gasteiger partial charge in [-0.05, 0) is 58.2 Å². The quantitative estimate of drug-likeness (QED) is 0.494. The fourth-order valence-electron chi connectivity index (χ4n) is 4.56. The van der Waals surface area contributed by atoms with Crippen molar-refractivity contribution in [1.82, 2.24) is 35.2 Å². The van der Waals surface area contributed by atoms with Gasteiger partial charge >= 0.3 is 0 Å². The lowest BCUT2D eigenvalue weighted by Crippen LogP contribution is -2.58. The summed E-state index contributed by atoms with van der Waals surface area (Å²) in [5.41, 5.74) is 1.05. The molecule has 5 heterocycles. The van der Waals surface area contributed by atoms with Crippen molar-refractivity contribution in [2.24, 2.45) is 0 Å². The summed E-state index contributed by atoms with van der Waals surface area (Å²) >= 11 is 0. The van der Waals surface area contributed by atoms with E-state index in [9.17, 15) is 4.79 Å². The second-order valence-corrected chi connectivity index (χ2v) is 8.69. The largest absolute Gasteiger partial charge is 0.350 e. The van der Waals surface area contributed by atoms with Gasteiger partial charge in [-0.2, -0.15) is 15.1 Å². The number of amides is 1. The van der Waals surface area contributed by atoms with Gasteiger partial charge < -0.3 is 20.9 Å². The van der Waals surface area contributed by atoms with Gasteiger partial charge in [0.2, 0.25) is 17.8 Å². The maximum atomic E-state index is 13.3. The van der Waals surface area contributed by atoms with Crippen LogP contribution in [0.1, 0.15) is 38.3 Å². The summed E-state index contributed by atoms with van der Waals surface area (Å²) in [5, 5.41) is 17.1. The SMILES string of the molecule is Cc1cc(Nc2nc(N3CCC[C@@]3(C)C(=O)N[C@@H]3CCCNC3)nc3cccn23)n[nH]1. The number of H-pyrrole nitrogens is 1. The molecule has 5 rings (SSSR count). The van der Waals surface area contributed by atoms with Crippen molar-refractivity contribution in [2.75, 3.05) is 29.9 Å². The average molecular weight is 424 g/mol. The fourth-order valence-corrected chi connectivity index (χ4v) is 4.56. The number of carbonyl (C=O) groups excluding carboxylic acids is 1. The second-order valence-electron chi connectivity index (χ2n) is 8.69. The summed E-state index contributed by atoms with van der Waals surface area (Å²) in [6.07, 6.45) is 5.70. The molecule has 1 amide bonds. The molecule has 4 N–H and O–H groups in total. The van der Waals surface area contributed by atoms with Crippen LogP contribution in [-0.4, -0.2) is 61.7 Å². The molecule has 2 atom stereocenters. The van der Waals surface area contributed by atoms with Crippen LogP contribution in [0.4, 0.5) is 17.7 Å². The molecule has 0 unspecified atom stereocenters. The van der Waals surface area contributed by atoms with E-state index in [1.807, 2.05) is 47.5 Å². The third kappa shape index (κ3) is 3.71. The van der Waals surface area contributed by atoms with Crippen molar-refractivity contribution < 1.29 is 4.79 Å². The Labute approximate surface area is 180 Å². The Bertz CT molecular complexity index is 1080. The van der Waals surface area contributed by atoms with Crippen LogP contribution in [0.5, 0.6) is 0 Å². The lowest BCUT2D eigenvalue weighted by Gasteiger charge is -2.36. The molecule has 2 saturated heterocycles. The molecular formula is C21H29N9O. The zero-order chi connectivity index (χ0) is 21.4. The fraction of sp³-hybridized carbons (Fsp3) is 0.524. The van der Waals surface area contributed by atoms with E-state index in [1.165, 1.54) is 0 Å². The Morgan fingerprint density at radius 1 is 1.32 bits per heavy atom. The van der Waals surface area contributed by atoms with Gasteiger partial charge in [0.25, 0.3) is 0 Å². The first-order chi connectivity index (χ1) is 15.0. The van der Waals surface area contributed by atoms with Gasteiger partial charge in [-0.15, -0.1) is 0 Å². The molecule has 0 aliphatic carbocycles. The Morgan fingerprint density at radius 2 is 2.23 bits per heavy atom. The number of rotatable bonds is 5. The average Bonchev–Trinajstić information content (AvgIpc) is 3.49. The first-order valence-corrected chi connectivity index (χ1v) is 11.0. The van der Waals surface area contributed by atoms with E-state index in [4.69, 9.17) is 9.97 Å². The van der Waals surface area contributed by atoms with Crippen LogP contribution < -0.4 is 20.9 Å². The maximum absolute atomic E-state index is 13.3. The third-order valence-electron chi connectivity index (χ3n) is 6.33. The summed E-state index contributed by atoms with van der Waals surface area (Å²) in [6, 6.07) is 5.96. The molecule has 0 bridgehead atoms. The smallest absolute Gasteiger partial charge is 0.245 e. The van der Waals surface area contributed by atoms with Crippen molar-refractivity contribution in [3.05, 3.63) is 30.1 Å². The zero-order valence-corrected chi connectivity index (χ0v) is 18.0. The Morgan fingerprint density at radius 3 is 3.00 bits per heavy atom. The van der Waals surface area contributed by atoms with Gasteiger partial charge in [-0.25, -0.2) is 0 Å². The Balaban J connectivity index is 1.45. The van der Waals surface area contributed by atoms with Crippen molar-refractivity contribution in [2.45, 2.75) is 51.1 Å². The highest BCUT2D eigenvalue weighted by atomic mass is 16.2. The molecule has 3 aromatic heterocycles. The van der Waals surface area contributed by atoms with E-state index in [0.29, 0.717) is 17.7 Å². The van der Waals surface area contributed by atoms with Gasteiger partial charge in [0.05, 0.1) is 0 Å². The number of fused-ring (bicyclic) bond motifs is 1. The molecule has 2 aliphatic heterocycles. The van der Waals surface area contributed by atoms with Gasteiger partial charge in [0, 0.05) is 37.1 Å². The highest BCUT2D eigenvalue weighted by Gasteiger charge is 2.45. The van der Waals surface area contributed by atoms with E-state index in [2.05, 4.69) is 26.1 Å². The van der Waals surface area contributed by atoms with Crippen LogP contribution in [0, 0.1) is 6.92 Å². The van der Waals surface area contributed by atoms with Crippen LogP contribution >= 0.6 is 0 Å². The van der Waals surface area contributed by atoms with E-state index >= 15 is 0 Å². The number of aryl methyl sites for hydroxylation is 1. The van der Waals surface area contributed by atoms with E-state index < -0.39 is 5.54 Å². The Kier molecular flexibility index (Phi) is 5.01. The molecule has 10 nitrogen and oxygen atoms in total. The second kappa shape index (κ2) is 7.84. The molecule has 0 spiro atoms. The molecule has 0 radical (unpaired) electrons. The van der Waals surface area contributed by atoms with Crippen LogP contribution in [0.25, 0.3) is 5.65 Å². The number of nitrogens with one attached hydrogen (secondary N) is 4. The van der Waals surface area contributed by atoms with Gasteiger partial charge in [-0.3, -0.25) is 14.3 Å². The monoisotopic (exact) mass is 423 g/mol. The Hall–Kier alpha value is -3.14. The zero-order valence-electron chi connectivity index (χ0n) is 18.0. The molecule has 3 aromatic rings. The number of piperidine rings is 1. The van der Waals surface area contributed by atoms with Crippen LogP contribution in [0.2, 0.25) is 0 Å². The number of aromatic amines is 1. The van der Waals surface area contributed by atoms with Crippen LogP contribution in [0.3, 0.4) is 0 Å². The number of carbonyl (C=O) groups is 1. The van der Waals surface area contributed by atoms with Crippen molar-refractivity contribution in [3.8, 4) is 0 Å². The first-order valence-electron chi connectivity index (χ1n) is 11.0. The summed E-state index contributed by atoms with van der Waals surface area (Å²) in [6.45, 7) is 6.54. The lowest BCUT2D eigenvalue weighted by molar-refractivity contribution is -0.126. The molecule has 2 fully saturated rings. The highest BCUT2D eigenvalue weighted by molar-refractivity contribution is 5.90. The number of hydrogen-bond donors (Lipinski definition) is 4. The molecule has 2 aliphatic rings. The predicted octanol–water partition coefficient (Wildman–Crippen LogP) is 1.73. The molecular weight excluding hydrogens is 394 g/mol. The number of nitrogens with zero attached hydrogens (tertiary/aromatic N) is 5. The molecule has 0 aromatic carbocycles. The topological polar surface area (TPSA) is 115 Å². The normalized spacial score (nSPS) is 23.9. The number of aromatic nitrogens is 5. The van der Waals surface area contributed by atoms with Crippen molar-refractivity contribution in [3.63, 3.8) is 0 Å². The van der Waals surface area contributed by atoms with Crippen molar-refractivity contribution in [1.29, 1.82) is 0 Å². The standard InChI is InChI=1S/C21H29N9O/c1-14-12-16(28-27-14)24-19-26-20(25-17-7-4-10-29(17)19)30-11-5-8-21(30,2)18(31)23-15-6-3-9-22-13-15/h4,7,10,12,15,22H,3,5-6,8-9,11,13H2,1-2H3,(H,23,31)(H2,24,25,26,27,28)/t15-,21+/m1/s1. The van der Waals surface area contributed by atoms with Crippen LogP contribution in [0.15, 0.2) is 24.4 Å². The highest BCUT2D eigenvalue weighted by Crippen LogP contribution is 2.33. The minimum Gasteiger partial charge on any atom is -0.350 e. The molecule has 0 saturated carbocycles. The minimum atomic E-state index is -0.678. The summed E-state index contributed by atoms with van der Waals surface area (Å²) in [5.74, 6) is 1.90. The van der Waals surface area contributed by atoms with Gasteiger partial charge in [0.1, 0.15) is 11.2 Å². The van der Waals surface area contributed by atoms with E-state index in [1.54, 1.807) is 0 Å². The lowest BCUT2D eigenvalue weighted by atomic mass is 9.96. The molecule has 164 valence electrons. The summed E-state index contributed by atoms with van der Waals surface area (Å²) < 4.78 is 1.88. The molecule has 10 heteroatoms. The van der Waals surface area contributed by atoms with E-state index in [-0.39, 0.29) is 11.9 Å². The summed E-state index contributed by atoms with van der Waals surface area (Å²) in [4.78, 5) is 25.0. The predicted molar refractivity (Wildman–Crippen MR) is 119 cm³/mol. The van der Waals surface area contributed by atoms with Crippen LogP contribution in [-0.2, 0) is 4.79 Å². The van der Waals surface area contributed by atoms with Crippen molar-refractivity contribution >= 4 is 29.3 Å². The van der Waals surface area contributed by atoms with Gasteiger partial charge in [-0.1, -0.05) is 0 Å². The van der Waals surface area contributed by atoms with Gasteiger partial charge in [0.15, 0.2) is 5.82 Å². The summed E-state index contributed by atoms with van der Waals surface area (Å²) in [7, 11) is 0. The molecule has 31 heavy (non-hydrogen) atoms. The van der Waals surface area contributed by atoms with E-state index in [0.717, 1.165) is 56.7 Å². The number of anilines is 3. The number of hydrogen-bond acceptors (Lipinski definition) is 7. The minimum absolute atomic E-state index is 0.0509. The maximum Gasteiger partial charge on any atom is 0.245 e. The third-order valence-corrected chi connectivity index (χ3v) is 6.33.